The van der Waals surface area contributed by atoms with E-state index in [1.807, 2.05) is 54.6 Å². The minimum Gasteiger partial charge on any atom is -0.289 e. The van der Waals surface area contributed by atoms with Crippen LogP contribution >= 0.6 is 23.2 Å². The summed E-state index contributed by atoms with van der Waals surface area (Å²) >= 11 is 12.7. The van der Waals surface area contributed by atoms with E-state index < -0.39 is 0 Å². The summed E-state index contributed by atoms with van der Waals surface area (Å²) in [6, 6.07) is 22.6. The van der Waals surface area contributed by atoms with Crippen molar-refractivity contribution in [2.45, 2.75) is 0 Å². The van der Waals surface area contributed by atoms with Crippen molar-refractivity contribution < 1.29 is 4.79 Å². The summed E-state index contributed by atoms with van der Waals surface area (Å²) in [6.45, 7) is 0. The Balaban J connectivity index is 2.04. The summed E-state index contributed by atoms with van der Waals surface area (Å²) in [5.74, 6) is -0.0763. The molecule has 1 nitrogen and oxygen atoms in total. The van der Waals surface area contributed by atoms with E-state index >= 15 is 0 Å². The van der Waals surface area contributed by atoms with Crippen molar-refractivity contribution in [3.8, 4) is 0 Å². The van der Waals surface area contributed by atoms with E-state index in [-0.39, 0.29) is 5.78 Å². The van der Waals surface area contributed by atoms with Crippen LogP contribution in [0.1, 0.15) is 15.9 Å². The molecule has 4 rings (SSSR count). The van der Waals surface area contributed by atoms with E-state index in [1.54, 1.807) is 18.2 Å². The molecule has 0 aliphatic rings. The molecule has 0 N–H and O–H groups in total. The lowest BCUT2D eigenvalue weighted by atomic mass is 9.95. The summed E-state index contributed by atoms with van der Waals surface area (Å²) in [7, 11) is 0. The molecule has 4 aromatic rings. The third-order valence-electron chi connectivity index (χ3n) is 4.18. The molecule has 0 spiro atoms. The predicted molar refractivity (Wildman–Crippen MR) is 101 cm³/mol. The number of benzene rings is 4. The first-order valence-corrected chi connectivity index (χ1v) is 8.31. The van der Waals surface area contributed by atoms with Crippen molar-refractivity contribution in [1.29, 1.82) is 0 Å². The molecule has 0 saturated heterocycles. The van der Waals surface area contributed by atoms with Gasteiger partial charge in [0.2, 0.25) is 0 Å². The van der Waals surface area contributed by atoms with E-state index in [0.717, 1.165) is 21.5 Å². The van der Waals surface area contributed by atoms with Crippen molar-refractivity contribution in [2.75, 3.05) is 0 Å². The fraction of sp³-hybridized carbons (Fsp3) is 0. The van der Waals surface area contributed by atoms with Gasteiger partial charge in [-0.15, -0.1) is 0 Å². The molecule has 116 valence electrons. The third-order valence-corrected chi connectivity index (χ3v) is 4.82. The highest BCUT2D eigenvalue weighted by atomic mass is 35.5. The zero-order valence-electron chi connectivity index (χ0n) is 12.6. The molecule has 24 heavy (non-hydrogen) atoms. The maximum atomic E-state index is 13.0. The van der Waals surface area contributed by atoms with Gasteiger partial charge in [-0.25, -0.2) is 0 Å². The smallest absolute Gasteiger partial charge is 0.195 e. The average molecular weight is 351 g/mol. The summed E-state index contributed by atoms with van der Waals surface area (Å²) in [6.07, 6.45) is 0. The Bertz CT molecular complexity index is 1090. The fourth-order valence-corrected chi connectivity index (χ4v) is 3.48. The molecule has 0 aromatic heterocycles. The first-order valence-electron chi connectivity index (χ1n) is 7.55. The number of carbonyl (C=O) groups excluding carboxylic acids is 1. The summed E-state index contributed by atoms with van der Waals surface area (Å²) in [5.41, 5.74) is 1.15. The van der Waals surface area contributed by atoms with Crippen LogP contribution in [0.2, 0.25) is 10.0 Å². The number of fused-ring (bicyclic) bond motifs is 2. The normalized spacial score (nSPS) is 11.1. The number of carbonyl (C=O) groups is 1. The molecule has 0 aliphatic carbocycles. The second-order valence-corrected chi connectivity index (χ2v) is 6.47. The van der Waals surface area contributed by atoms with Crippen LogP contribution in [-0.2, 0) is 0 Å². The van der Waals surface area contributed by atoms with Crippen molar-refractivity contribution in [3.05, 3.63) is 94.0 Å². The Morgan fingerprint density at radius 2 is 1.38 bits per heavy atom. The standard InChI is InChI=1S/C21H12Cl2O/c22-18-8-4-7-14-12-17-15(11-16(14)18)9-10-19(23)20(17)21(24)13-5-2-1-3-6-13/h1-12H. The van der Waals surface area contributed by atoms with Crippen LogP contribution < -0.4 is 0 Å². The first-order chi connectivity index (χ1) is 11.6. The second-order valence-electron chi connectivity index (χ2n) is 5.65. The first kappa shape index (κ1) is 15.2. The van der Waals surface area contributed by atoms with Crippen LogP contribution in [0, 0.1) is 0 Å². The zero-order valence-corrected chi connectivity index (χ0v) is 14.1. The minimum atomic E-state index is -0.0763. The molecular formula is C21H12Cl2O. The van der Waals surface area contributed by atoms with Gasteiger partial charge in [0.1, 0.15) is 0 Å². The highest BCUT2D eigenvalue weighted by Gasteiger charge is 2.17. The molecule has 0 saturated carbocycles. The quantitative estimate of drug-likeness (QED) is 0.296. The molecule has 0 atom stereocenters. The highest BCUT2D eigenvalue weighted by Crippen LogP contribution is 2.33. The van der Waals surface area contributed by atoms with Gasteiger partial charge >= 0.3 is 0 Å². The van der Waals surface area contributed by atoms with Crippen LogP contribution in [0.25, 0.3) is 21.5 Å². The van der Waals surface area contributed by atoms with Crippen LogP contribution in [0.3, 0.4) is 0 Å². The van der Waals surface area contributed by atoms with Crippen molar-refractivity contribution >= 4 is 50.5 Å². The lowest BCUT2D eigenvalue weighted by molar-refractivity contribution is 0.104. The predicted octanol–water partition coefficient (Wildman–Crippen LogP) is 6.53. The molecule has 3 heteroatoms. The van der Waals surface area contributed by atoms with Gasteiger partial charge in [-0.1, -0.05) is 71.7 Å². The van der Waals surface area contributed by atoms with Gasteiger partial charge in [-0.3, -0.25) is 4.79 Å². The van der Waals surface area contributed by atoms with Gasteiger partial charge < -0.3 is 0 Å². The van der Waals surface area contributed by atoms with Crippen molar-refractivity contribution in [3.63, 3.8) is 0 Å². The number of halogens is 2. The van der Waals surface area contributed by atoms with Gasteiger partial charge in [-0.05, 0) is 40.4 Å². The Morgan fingerprint density at radius 1 is 0.667 bits per heavy atom. The molecule has 0 radical (unpaired) electrons. The number of rotatable bonds is 2. The minimum absolute atomic E-state index is 0.0763. The van der Waals surface area contributed by atoms with Gasteiger partial charge in [0.15, 0.2) is 5.78 Å². The lowest BCUT2D eigenvalue weighted by Crippen LogP contribution is -2.03. The van der Waals surface area contributed by atoms with E-state index in [4.69, 9.17) is 23.2 Å². The number of ketones is 1. The van der Waals surface area contributed by atoms with Gasteiger partial charge in [0.05, 0.1) is 5.02 Å². The molecular weight excluding hydrogens is 339 g/mol. The van der Waals surface area contributed by atoms with Crippen molar-refractivity contribution in [1.82, 2.24) is 0 Å². The Labute approximate surface area is 149 Å². The molecule has 0 fully saturated rings. The topological polar surface area (TPSA) is 17.1 Å². The maximum Gasteiger partial charge on any atom is 0.195 e. The van der Waals surface area contributed by atoms with Crippen molar-refractivity contribution in [2.24, 2.45) is 0 Å². The largest absolute Gasteiger partial charge is 0.289 e. The lowest BCUT2D eigenvalue weighted by Gasteiger charge is -2.10. The molecule has 0 aliphatic heterocycles. The number of hydrogen-bond donors (Lipinski definition) is 0. The molecule has 0 bridgehead atoms. The zero-order chi connectivity index (χ0) is 16.7. The third kappa shape index (κ3) is 2.47. The van der Waals surface area contributed by atoms with Crippen LogP contribution in [0.5, 0.6) is 0 Å². The van der Waals surface area contributed by atoms with Crippen LogP contribution in [0.15, 0.2) is 72.8 Å². The van der Waals surface area contributed by atoms with E-state index in [0.29, 0.717) is 21.2 Å². The monoisotopic (exact) mass is 350 g/mol. The van der Waals surface area contributed by atoms with Crippen LogP contribution in [-0.4, -0.2) is 5.78 Å². The number of hydrogen-bond acceptors (Lipinski definition) is 1. The maximum absolute atomic E-state index is 13.0. The summed E-state index contributed by atoms with van der Waals surface area (Å²) in [5, 5.41) is 4.88. The molecule has 0 heterocycles. The molecule has 0 unspecified atom stereocenters. The Morgan fingerprint density at radius 3 is 2.17 bits per heavy atom. The van der Waals surface area contributed by atoms with Gasteiger partial charge in [-0.2, -0.15) is 0 Å². The average Bonchev–Trinajstić information content (AvgIpc) is 2.61. The SMILES string of the molecule is O=C(c1ccccc1)c1c(Cl)ccc2cc3c(Cl)cccc3cc12. The summed E-state index contributed by atoms with van der Waals surface area (Å²) < 4.78 is 0. The summed E-state index contributed by atoms with van der Waals surface area (Å²) in [4.78, 5) is 13.0. The second kappa shape index (κ2) is 5.94. The molecule has 0 amide bonds. The Kier molecular flexibility index (Phi) is 3.76. The van der Waals surface area contributed by atoms with E-state index in [2.05, 4.69) is 0 Å². The van der Waals surface area contributed by atoms with Gasteiger partial charge in [0.25, 0.3) is 0 Å². The highest BCUT2D eigenvalue weighted by molar-refractivity contribution is 6.38. The fourth-order valence-electron chi connectivity index (χ4n) is 3.00. The van der Waals surface area contributed by atoms with Crippen LogP contribution in [0.4, 0.5) is 0 Å². The van der Waals surface area contributed by atoms with Gasteiger partial charge in [0, 0.05) is 21.5 Å². The molecule has 4 aromatic carbocycles. The van der Waals surface area contributed by atoms with E-state index in [9.17, 15) is 4.79 Å². The Hall–Kier alpha value is -2.35. The van der Waals surface area contributed by atoms with E-state index in [1.165, 1.54) is 0 Å².